The standard InChI is InChI=1S/C15H19N5O/c1-5-20-8-9(7-16-20)10-6-11(21)17-14-12(10)13(18-19-14)15(2,3)4/h5,7-8,10H,1,6H2,2-4H3,(H2,17,18,19,21)/t10-/m1/s1. The Labute approximate surface area is 123 Å². The lowest BCUT2D eigenvalue weighted by Crippen LogP contribution is -2.25. The number of aromatic amines is 1. The smallest absolute Gasteiger partial charge is 0.226 e. The van der Waals surface area contributed by atoms with Crippen molar-refractivity contribution in [3.05, 3.63) is 35.8 Å². The fourth-order valence-corrected chi connectivity index (χ4v) is 2.74. The first-order chi connectivity index (χ1) is 9.90. The number of anilines is 1. The second-order valence-electron chi connectivity index (χ2n) is 6.35. The van der Waals surface area contributed by atoms with Crippen molar-refractivity contribution in [2.45, 2.75) is 38.5 Å². The van der Waals surface area contributed by atoms with Crippen molar-refractivity contribution in [2.24, 2.45) is 0 Å². The molecule has 1 aliphatic rings. The van der Waals surface area contributed by atoms with Crippen LogP contribution in [-0.2, 0) is 10.2 Å². The van der Waals surface area contributed by atoms with Crippen LogP contribution in [-0.4, -0.2) is 25.9 Å². The number of H-pyrrole nitrogens is 1. The Morgan fingerprint density at radius 2 is 2.24 bits per heavy atom. The van der Waals surface area contributed by atoms with E-state index in [0.29, 0.717) is 12.2 Å². The number of hydrogen-bond acceptors (Lipinski definition) is 3. The van der Waals surface area contributed by atoms with E-state index < -0.39 is 0 Å². The van der Waals surface area contributed by atoms with Crippen molar-refractivity contribution in [2.75, 3.05) is 5.32 Å². The first kappa shape index (κ1) is 13.6. The average molecular weight is 285 g/mol. The summed E-state index contributed by atoms with van der Waals surface area (Å²) in [5.41, 5.74) is 3.03. The molecule has 21 heavy (non-hydrogen) atoms. The summed E-state index contributed by atoms with van der Waals surface area (Å²) in [7, 11) is 0. The van der Waals surface area contributed by atoms with E-state index in [-0.39, 0.29) is 17.2 Å². The molecular weight excluding hydrogens is 266 g/mol. The van der Waals surface area contributed by atoms with Gasteiger partial charge in [0.1, 0.15) is 0 Å². The molecule has 6 nitrogen and oxygen atoms in total. The molecule has 110 valence electrons. The fourth-order valence-electron chi connectivity index (χ4n) is 2.74. The topological polar surface area (TPSA) is 75.6 Å². The Hall–Kier alpha value is -2.37. The number of amides is 1. The Morgan fingerprint density at radius 1 is 1.48 bits per heavy atom. The predicted molar refractivity (Wildman–Crippen MR) is 81.0 cm³/mol. The fraction of sp³-hybridized carbons (Fsp3) is 0.400. The van der Waals surface area contributed by atoms with Crippen molar-refractivity contribution >= 4 is 17.9 Å². The monoisotopic (exact) mass is 285 g/mol. The highest BCUT2D eigenvalue weighted by atomic mass is 16.1. The Kier molecular flexibility index (Phi) is 2.97. The molecule has 1 aliphatic heterocycles. The van der Waals surface area contributed by atoms with Crippen LogP contribution in [0.5, 0.6) is 0 Å². The zero-order valence-corrected chi connectivity index (χ0v) is 12.5. The van der Waals surface area contributed by atoms with Crippen LogP contribution in [0.25, 0.3) is 6.20 Å². The molecule has 0 spiro atoms. The van der Waals surface area contributed by atoms with E-state index in [0.717, 1.165) is 16.8 Å². The van der Waals surface area contributed by atoms with Crippen molar-refractivity contribution in [1.82, 2.24) is 20.0 Å². The summed E-state index contributed by atoms with van der Waals surface area (Å²) in [4.78, 5) is 11.9. The molecule has 0 bridgehead atoms. The van der Waals surface area contributed by atoms with Gasteiger partial charge >= 0.3 is 0 Å². The summed E-state index contributed by atoms with van der Waals surface area (Å²) in [5, 5.41) is 14.4. The molecule has 0 radical (unpaired) electrons. The summed E-state index contributed by atoms with van der Waals surface area (Å²) < 4.78 is 1.65. The second-order valence-corrected chi connectivity index (χ2v) is 6.35. The van der Waals surface area contributed by atoms with Crippen molar-refractivity contribution < 1.29 is 4.79 Å². The molecule has 0 aromatic carbocycles. The maximum atomic E-state index is 11.9. The van der Waals surface area contributed by atoms with E-state index in [1.165, 1.54) is 0 Å². The highest BCUT2D eigenvalue weighted by Crippen LogP contribution is 2.41. The molecule has 0 unspecified atom stereocenters. The van der Waals surface area contributed by atoms with Crippen LogP contribution in [0.1, 0.15) is 49.9 Å². The van der Waals surface area contributed by atoms with Gasteiger partial charge in [0.2, 0.25) is 5.91 Å². The van der Waals surface area contributed by atoms with Crippen molar-refractivity contribution in [3.63, 3.8) is 0 Å². The highest BCUT2D eigenvalue weighted by molar-refractivity contribution is 5.94. The van der Waals surface area contributed by atoms with Gasteiger partial charge in [-0.2, -0.15) is 10.2 Å². The minimum absolute atomic E-state index is 0.0224. The lowest BCUT2D eigenvalue weighted by atomic mass is 9.80. The minimum atomic E-state index is -0.0741. The van der Waals surface area contributed by atoms with E-state index in [2.05, 4.69) is 48.0 Å². The van der Waals surface area contributed by atoms with Gasteiger partial charge in [-0.25, -0.2) is 4.68 Å². The molecule has 2 aromatic heterocycles. The number of rotatable bonds is 2. The molecule has 0 aliphatic carbocycles. The van der Waals surface area contributed by atoms with Crippen LogP contribution in [0, 0.1) is 0 Å². The minimum Gasteiger partial charge on any atom is -0.309 e. The van der Waals surface area contributed by atoms with E-state index >= 15 is 0 Å². The molecule has 1 amide bonds. The summed E-state index contributed by atoms with van der Waals surface area (Å²) in [6.45, 7) is 10.1. The third-order valence-electron chi connectivity index (χ3n) is 3.76. The lowest BCUT2D eigenvalue weighted by Gasteiger charge is -2.26. The average Bonchev–Trinajstić information content (AvgIpc) is 3.02. The zero-order chi connectivity index (χ0) is 15.2. The van der Waals surface area contributed by atoms with Gasteiger partial charge in [-0.1, -0.05) is 27.4 Å². The SMILES string of the molecule is C=Cn1cc([C@H]2CC(=O)Nc3n[nH]c(C(C)(C)C)c32)cn1. The molecular formula is C15H19N5O. The van der Waals surface area contributed by atoms with Gasteiger partial charge in [0.05, 0.1) is 6.20 Å². The molecule has 3 heterocycles. The first-order valence-corrected chi connectivity index (χ1v) is 6.95. The Morgan fingerprint density at radius 3 is 2.86 bits per heavy atom. The van der Waals surface area contributed by atoms with Gasteiger partial charge in [0.15, 0.2) is 5.82 Å². The lowest BCUT2D eigenvalue weighted by molar-refractivity contribution is -0.116. The number of nitrogens with one attached hydrogen (secondary N) is 2. The first-order valence-electron chi connectivity index (χ1n) is 6.95. The van der Waals surface area contributed by atoms with E-state index in [9.17, 15) is 4.79 Å². The highest BCUT2D eigenvalue weighted by Gasteiger charge is 2.35. The third-order valence-corrected chi connectivity index (χ3v) is 3.76. The van der Waals surface area contributed by atoms with Gasteiger partial charge in [0, 0.05) is 41.4 Å². The molecule has 1 atom stereocenters. The molecule has 3 rings (SSSR count). The van der Waals surface area contributed by atoms with E-state index in [1.54, 1.807) is 17.1 Å². The summed E-state index contributed by atoms with van der Waals surface area (Å²) >= 11 is 0. The number of carbonyl (C=O) groups is 1. The molecule has 0 fully saturated rings. The zero-order valence-electron chi connectivity index (χ0n) is 12.5. The van der Waals surface area contributed by atoms with Crippen LogP contribution >= 0.6 is 0 Å². The molecule has 0 saturated carbocycles. The van der Waals surface area contributed by atoms with Gasteiger partial charge in [0.25, 0.3) is 0 Å². The second kappa shape index (κ2) is 4.58. The van der Waals surface area contributed by atoms with Gasteiger partial charge in [-0.3, -0.25) is 9.89 Å². The largest absolute Gasteiger partial charge is 0.309 e. The quantitative estimate of drug-likeness (QED) is 0.890. The van der Waals surface area contributed by atoms with Crippen LogP contribution in [0.2, 0.25) is 0 Å². The van der Waals surface area contributed by atoms with E-state index in [4.69, 9.17) is 0 Å². The van der Waals surface area contributed by atoms with Crippen LogP contribution in [0.15, 0.2) is 19.0 Å². The molecule has 0 saturated heterocycles. The number of aromatic nitrogens is 4. The van der Waals surface area contributed by atoms with Gasteiger partial charge in [-0.15, -0.1) is 0 Å². The third kappa shape index (κ3) is 2.26. The summed E-state index contributed by atoms with van der Waals surface area (Å²) in [6, 6.07) is 0. The number of fused-ring (bicyclic) bond motifs is 1. The van der Waals surface area contributed by atoms with Gasteiger partial charge in [-0.05, 0) is 5.56 Å². The maximum Gasteiger partial charge on any atom is 0.226 e. The van der Waals surface area contributed by atoms with Crippen molar-refractivity contribution in [1.29, 1.82) is 0 Å². The molecule has 2 N–H and O–H groups in total. The van der Waals surface area contributed by atoms with E-state index in [1.807, 2.05) is 6.20 Å². The van der Waals surface area contributed by atoms with Crippen molar-refractivity contribution in [3.8, 4) is 0 Å². The van der Waals surface area contributed by atoms with Crippen LogP contribution in [0.3, 0.4) is 0 Å². The summed E-state index contributed by atoms with van der Waals surface area (Å²) in [6.07, 6.45) is 5.72. The summed E-state index contributed by atoms with van der Waals surface area (Å²) in [5.74, 6) is 0.578. The predicted octanol–water partition coefficient (Wildman–Crippen LogP) is 2.48. The normalized spacial score (nSPS) is 18.2. The number of hydrogen-bond donors (Lipinski definition) is 2. The Bertz CT molecular complexity index is 704. The number of nitrogens with zero attached hydrogens (tertiary/aromatic N) is 3. The maximum absolute atomic E-state index is 11.9. The molecule has 2 aromatic rings. The Balaban J connectivity index is 2.13. The molecule has 6 heteroatoms. The number of carbonyl (C=O) groups excluding carboxylic acids is 1. The van der Waals surface area contributed by atoms with Crippen LogP contribution < -0.4 is 5.32 Å². The van der Waals surface area contributed by atoms with Crippen LogP contribution in [0.4, 0.5) is 5.82 Å². The van der Waals surface area contributed by atoms with Gasteiger partial charge < -0.3 is 5.32 Å².